The van der Waals surface area contributed by atoms with E-state index >= 15 is 0 Å². The second-order valence-corrected chi connectivity index (χ2v) is 5.31. The van der Waals surface area contributed by atoms with E-state index in [9.17, 15) is 0 Å². The van der Waals surface area contributed by atoms with Gasteiger partial charge in [0.05, 0.1) is 6.54 Å². The van der Waals surface area contributed by atoms with Crippen LogP contribution in [0.3, 0.4) is 0 Å². The van der Waals surface area contributed by atoms with Crippen LogP contribution in [-0.4, -0.2) is 47.0 Å². The largest absolute Gasteiger partial charge is 0.380 e. The van der Waals surface area contributed by atoms with Gasteiger partial charge in [0.25, 0.3) is 0 Å². The van der Waals surface area contributed by atoms with Gasteiger partial charge in [-0.15, -0.1) is 5.10 Å². The Morgan fingerprint density at radius 3 is 2.55 bits per heavy atom. The summed E-state index contributed by atoms with van der Waals surface area (Å²) in [4.78, 5) is 6.52. The normalized spacial score (nSPS) is 11.9. The van der Waals surface area contributed by atoms with Crippen LogP contribution in [0.15, 0.2) is 27.9 Å². The van der Waals surface area contributed by atoms with Gasteiger partial charge in [-0.05, 0) is 54.1 Å². The first-order valence-corrected chi connectivity index (χ1v) is 7.56. The van der Waals surface area contributed by atoms with E-state index in [1.807, 2.05) is 6.07 Å². The molecule has 7 heteroatoms. The Morgan fingerprint density at radius 2 is 2.00 bits per heavy atom. The summed E-state index contributed by atoms with van der Waals surface area (Å²) >= 11 is 3.32. The highest BCUT2D eigenvalue weighted by Gasteiger charge is 2.04. The van der Waals surface area contributed by atoms with E-state index < -0.39 is 0 Å². The van der Waals surface area contributed by atoms with Gasteiger partial charge < -0.3 is 10.6 Å². The highest BCUT2D eigenvalue weighted by atomic mass is 79.9. The van der Waals surface area contributed by atoms with E-state index in [0.717, 1.165) is 30.5 Å². The van der Waals surface area contributed by atoms with Crippen LogP contribution < -0.4 is 11.6 Å². The van der Waals surface area contributed by atoms with Crippen molar-refractivity contribution in [2.45, 2.75) is 20.3 Å². The molecule has 0 unspecified atom stereocenters. The maximum Gasteiger partial charge on any atom is 0.171 e. The molecule has 0 bridgehead atoms. The highest BCUT2D eigenvalue weighted by Crippen LogP contribution is 2.07. The lowest BCUT2D eigenvalue weighted by Gasteiger charge is -2.19. The van der Waals surface area contributed by atoms with Crippen molar-refractivity contribution in [3.8, 4) is 0 Å². The zero-order chi connectivity index (χ0) is 15.0. The number of amidine groups is 1. The average Bonchev–Trinajstić information content (AvgIpc) is 2.44. The van der Waals surface area contributed by atoms with Crippen LogP contribution >= 0.6 is 15.9 Å². The zero-order valence-electron chi connectivity index (χ0n) is 12.1. The van der Waals surface area contributed by atoms with E-state index in [2.05, 4.69) is 44.8 Å². The Kier molecular flexibility index (Phi) is 7.50. The van der Waals surface area contributed by atoms with Gasteiger partial charge in [-0.25, -0.2) is 11.0 Å². The summed E-state index contributed by atoms with van der Waals surface area (Å²) in [6.07, 6.45) is 2.63. The third kappa shape index (κ3) is 5.85. The van der Waals surface area contributed by atoms with Crippen molar-refractivity contribution in [2.24, 2.45) is 16.7 Å². The van der Waals surface area contributed by atoms with Gasteiger partial charge in [0.1, 0.15) is 5.69 Å². The van der Waals surface area contributed by atoms with E-state index in [1.54, 1.807) is 12.3 Å². The van der Waals surface area contributed by atoms with Crippen LogP contribution in [0.2, 0.25) is 0 Å². The first-order valence-electron chi connectivity index (χ1n) is 6.77. The average molecular weight is 343 g/mol. The molecular weight excluding hydrogens is 320 g/mol. The van der Waals surface area contributed by atoms with E-state index in [1.165, 1.54) is 5.12 Å². The molecule has 0 atom stereocenters. The molecule has 0 aliphatic heterocycles. The number of rotatable bonds is 8. The molecule has 0 radical (unpaired) electrons. The number of halogens is 1. The second kappa shape index (κ2) is 8.89. The number of nitrogens with zero attached hydrogens (tertiary/aromatic N) is 4. The summed E-state index contributed by atoms with van der Waals surface area (Å²) in [7, 11) is 0. The van der Waals surface area contributed by atoms with E-state index in [0.29, 0.717) is 18.1 Å². The molecule has 0 aromatic carbocycles. The number of hydrazine groups is 1. The molecule has 0 spiro atoms. The van der Waals surface area contributed by atoms with Gasteiger partial charge in [0.15, 0.2) is 5.84 Å². The Morgan fingerprint density at radius 1 is 1.30 bits per heavy atom. The summed E-state index contributed by atoms with van der Waals surface area (Å²) in [5, 5.41) is 5.51. The summed E-state index contributed by atoms with van der Waals surface area (Å²) < 4.78 is 0.901. The number of hydrogen-bond donors (Lipinski definition) is 2. The van der Waals surface area contributed by atoms with Gasteiger partial charge in [0.2, 0.25) is 0 Å². The molecule has 4 N–H and O–H groups in total. The Bertz CT molecular complexity index is 415. The van der Waals surface area contributed by atoms with Crippen LogP contribution in [0.25, 0.3) is 0 Å². The lowest BCUT2D eigenvalue weighted by Crippen LogP contribution is -2.33. The first kappa shape index (κ1) is 16.9. The summed E-state index contributed by atoms with van der Waals surface area (Å²) in [5.74, 6) is 6.14. The minimum Gasteiger partial charge on any atom is -0.380 e. The monoisotopic (exact) mass is 342 g/mol. The van der Waals surface area contributed by atoms with Crippen LogP contribution in [0.5, 0.6) is 0 Å². The molecule has 1 aromatic rings. The fraction of sp³-hybridized carbons (Fsp3) is 0.538. The van der Waals surface area contributed by atoms with Gasteiger partial charge in [-0.3, -0.25) is 4.98 Å². The highest BCUT2D eigenvalue weighted by molar-refractivity contribution is 9.10. The molecule has 0 aliphatic rings. The lowest BCUT2D eigenvalue weighted by atomic mass is 10.3. The molecule has 112 valence electrons. The summed E-state index contributed by atoms with van der Waals surface area (Å²) in [6, 6.07) is 3.67. The summed E-state index contributed by atoms with van der Waals surface area (Å²) in [5.41, 5.74) is 6.49. The SMILES string of the molecule is CCN(CC)CCCN(N)/N=C(\N)c1ccc(Br)cn1. The van der Waals surface area contributed by atoms with Crippen LogP contribution in [0.4, 0.5) is 0 Å². The van der Waals surface area contributed by atoms with Crippen LogP contribution in [0.1, 0.15) is 26.0 Å². The van der Waals surface area contributed by atoms with Crippen molar-refractivity contribution in [1.29, 1.82) is 0 Å². The van der Waals surface area contributed by atoms with Crippen molar-refractivity contribution >= 4 is 21.8 Å². The Hall–Kier alpha value is -1.18. The van der Waals surface area contributed by atoms with Crippen molar-refractivity contribution in [2.75, 3.05) is 26.2 Å². The third-order valence-corrected chi connectivity index (χ3v) is 3.45. The van der Waals surface area contributed by atoms with E-state index in [-0.39, 0.29) is 0 Å². The van der Waals surface area contributed by atoms with Crippen LogP contribution in [-0.2, 0) is 0 Å². The maximum absolute atomic E-state index is 5.87. The fourth-order valence-corrected chi connectivity index (χ4v) is 2.00. The number of nitrogens with two attached hydrogens (primary N) is 2. The van der Waals surface area contributed by atoms with Gasteiger partial charge in [-0.1, -0.05) is 13.8 Å². The van der Waals surface area contributed by atoms with E-state index in [4.69, 9.17) is 11.6 Å². The number of pyridine rings is 1. The van der Waals surface area contributed by atoms with Gasteiger partial charge in [0, 0.05) is 10.7 Å². The van der Waals surface area contributed by atoms with Crippen LogP contribution in [0, 0.1) is 0 Å². The quantitative estimate of drug-likeness (QED) is 0.322. The van der Waals surface area contributed by atoms with Crippen molar-refractivity contribution < 1.29 is 0 Å². The molecular formula is C13H23BrN6. The molecule has 20 heavy (non-hydrogen) atoms. The first-order chi connectivity index (χ1) is 9.56. The molecule has 6 nitrogen and oxygen atoms in total. The van der Waals surface area contributed by atoms with Gasteiger partial charge >= 0.3 is 0 Å². The van der Waals surface area contributed by atoms with Crippen molar-refractivity contribution in [3.05, 3.63) is 28.5 Å². The topological polar surface area (TPSA) is 83.8 Å². The number of hydrogen-bond acceptors (Lipinski definition) is 5. The predicted octanol–water partition coefficient (Wildman–Crippen LogP) is 1.37. The zero-order valence-corrected chi connectivity index (χ0v) is 13.7. The number of aromatic nitrogens is 1. The molecule has 1 rings (SSSR count). The smallest absolute Gasteiger partial charge is 0.171 e. The van der Waals surface area contributed by atoms with Crippen molar-refractivity contribution in [1.82, 2.24) is 15.0 Å². The molecule has 0 saturated heterocycles. The lowest BCUT2D eigenvalue weighted by molar-refractivity contribution is 0.247. The van der Waals surface area contributed by atoms with Gasteiger partial charge in [-0.2, -0.15) is 0 Å². The molecule has 0 fully saturated rings. The molecule has 1 heterocycles. The second-order valence-electron chi connectivity index (χ2n) is 4.39. The minimum atomic E-state index is 0.322. The molecule has 0 saturated carbocycles. The molecule has 1 aromatic heterocycles. The maximum atomic E-state index is 5.87. The minimum absolute atomic E-state index is 0.322. The third-order valence-electron chi connectivity index (χ3n) is 2.98. The summed E-state index contributed by atoms with van der Waals surface area (Å²) in [6.45, 7) is 8.07. The Balaban J connectivity index is 2.45. The molecule has 0 amide bonds. The van der Waals surface area contributed by atoms with Crippen molar-refractivity contribution in [3.63, 3.8) is 0 Å². The standard InChI is InChI=1S/C13H23BrN6/c1-3-19(4-2)8-5-9-20(16)18-13(15)12-7-6-11(14)10-17-12/h6-7,10H,3-5,8-9,16H2,1-2H3,(H2,15,18). The Labute approximate surface area is 128 Å². The fourth-order valence-electron chi connectivity index (χ4n) is 1.76. The predicted molar refractivity (Wildman–Crippen MR) is 86.0 cm³/mol. The molecule has 0 aliphatic carbocycles. The number of hydrazone groups is 1.